The summed E-state index contributed by atoms with van der Waals surface area (Å²) in [5, 5.41) is 9.11. The molecule has 0 spiro atoms. The molecule has 1 aliphatic rings. The summed E-state index contributed by atoms with van der Waals surface area (Å²) in [6.45, 7) is 2.61. The number of benzene rings is 1. The zero-order valence-corrected chi connectivity index (χ0v) is 14.2. The van der Waals surface area contributed by atoms with E-state index in [4.69, 9.17) is 5.11 Å². The molecular weight excluding hydrogens is 306 g/mol. The minimum absolute atomic E-state index is 0.0696. The van der Waals surface area contributed by atoms with Gasteiger partial charge in [-0.3, -0.25) is 9.59 Å². The number of unbranched alkanes of at least 4 members (excludes halogenated alkanes) is 1. The molecule has 2 rings (SSSR count). The third-order valence-electron chi connectivity index (χ3n) is 4.52. The smallest absolute Gasteiger partial charge is 0.326 e. The Morgan fingerprint density at radius 1 is 1.17 bits per heavy atom. The number of nitrogens with zero attached hydrogens (tertiary/aromatic N) is 1. The van der Waals surface area contributed by atoms with Crippen LogP contribution in [0.25, 0.3) is 0 Å². The van der Waals surface area contributed by atoms with Crippen LogP contribution in [0.1, 0.15) is 61.4 Å². The lowest BCUT2D eigenvalue weighted by Crippen LogP contribution is -2.40. The number of carbonyl (C=O) groups is 3. The number of amides is 1. The average Bonchev–Trinajstić information content (AvgIpc) is 3.08. The molecule has 1 fully saturated rings. The third-order valence-corrected chi connectivity index (χ3v) is 4.52. The van der Waals surface area contributed by atoms with E-state index in [0.29, 0.717) is 24.9 Å². The molecule has 24 heavy (non-hydrogen) atoms. The fourth-order valence-electron chi connectivity index (χ4n) is 3.07. The average molecular weight is 331 g/mol. The number of carboxylic acid groups (broad SMARTS) is 1. The van der Waals surface area contributed by atoms with Crippen LogP contribution < -0.4 is 0 Å². The van der Waals surface area contributed by atoms with Crippen LogP contribution in [-0.4, -0.2) is 40.3 Å². The lowest BCUT2D eigenvalue weighted by Gasteiger charge is -2.21. The summed E-state index contributed by atoms with van der Waals surface area (Å²) in [4.78, 5) is 36.9. The molecule has 5 nitrogen and oxygen atoms in total. The summed E-state index contributed by atoms with van der Waals surface area (Å²) in [5.41, 5.74) is 1.82. The number of aliphatic carboxylic acids is 1. The second-order valence-electron chi connectivity index (χ2n) is 6.31. The number of Topliss-reactive ketones (excluding diaryl/α,β-unsaturated/α-hetero) is 1. The molecule has 0 saturated carbocycles. The maximum absolute atomic E-state index is 12.2. The Hall–Kier alpha value is -2.17. The molecule has 1 aliphatic heterocycles. The van der Waals surface area contributed by atoms with Crippen LogP contribution in [0.2, 0.25) is 0 Å². The monoisotopic (exact) mass is 331 g/mol. The van der Waals surface area contributed by atoms with Crippen molar-refractivity contribution in [3.05, 3.63) is 35.4 Å². The highest BCUT2D eigenvalue weighted by Gasteiger charge is 2.33. The Kier molecular flexibility index (Phi) is 6.53. The molecule has 1 N–H and O–H groups in total. The molecule has 1 amide bonds. The van der Waals surface area contributed by atoms with E-state index in [1.54, 1.807) is 0 Å². The standard InChI is InChI=1S/C19H25NO4/c1-2-3-5-14-7-9-15(10-8-14)17(21)11-12-18(22)20-13-4-6-16(20)19(23)24/h7-10,16H,2-6,11-13H2,1H3,(H,23,24)/t16-/m1/s1. The van der Waals surface area contributed by atoms with Crippen LogP contribution in [0.5, 0.6) is 0 Å². The van der Waals surface area contributed by atoms with E-state index in [-0.39, 0.29) is 24.5 Å². The first-order chi connectivity index (χ1) is 11.5. The number of aryl methyl sites for hydroxylation is 1. The molecule has 0 bridgehead atoms. The van der Waals surface area contributed by atoms with E-state index < -0.39 is 12.0 Å². The van der Waals surface area contributed by atoms with Crippen molar-refractivity contribution in [1.29, 1.82) is 0 Å². The van der Waals surface area contributed by atoms with Gasteiger partial charge in [0.2, 0.25) is 5.91 Å². The topological polar surface area (TPSA) is 74.7 Å². The Bertz CT molecular complexity index is 594. The van der Waals surface area contributed by atoms with Gasteiger partial charge in [-0.25, -0.2) is 4.79 Å². The quantitative estimate of drug-likeness (QED) is 0.743. The Morgan fingerprint density at radius 2 is 1.88 bits per heavy atom. The van der Waals surface area contributed by atoms with E-state index >= 15 is 0 Å². The van der Waals surface area contributed by atoms with Crippen molar-refractivity contribution in [3.63, 3.8) is 0 Å². The number of carbonyl (C=O) groups excluding carboxylic acids is 2. The van der Waals surface area contributed by atoms with Crippen LogP contribution in [-0.2, 0) is 16.0 Å². The number of likely N-dealkylation sites (tertiary alicyclic amines) is 1. The van der Waals surface area contributed by atoms with Gasteiger partial charge in [0, 0.05) is 24.9 Å². The fourth-order valence-corrected chi connectivity index (χ4v) is 3.07. The number of rotatable bonds is 8. The SMILES string of the molecule is CCCCc1ccc(C(=O)CCC(=O)N2CCC[C@@H]2C(=O)O)cc1. The van der Waals surface area contributed by atoms with Gasteiger partial charge in [0.1, 0.15) is 6.04 Å². The summed E-state index contributed by atoms with van der Waals surface area (Å²) in [6.07, 6.45) is 4.66. The van der Waals surface area contributed by atoms with E-state index in [1.165, 1.54) is 10.5 Å². The van der Waals surface area contributed by atoms with Gasteiger partial charge in [0.15, 0.2) is 5.78 Å². The minimum atomic E-state index is -0.963. The maximum atomic E-state index is 12.2. The first-order valence-corrected chi connectivity index (χ1v) is 8.67. The lowest BCUT2D eigenvalue weighted by atomic mass is 10.0. The van der Waals surface area contributed by atoms with Crippen LogP contribution in [0.4, 0.5) is 0 Å². The predicted octanol–water partition coefficient (Wildman–Crippen LogP) is 3.07. The molecule has 1 atom stereocenters. The molecule has 1 heterocycles. The lowest BCUT2D eigenvalue weighted by molar-refractivity contribution is -0.148. The second kappa shape index (κ2) is 8.62. The fraction of sp³-hybridized carbons (Fsp3) is 0.526. The summed E-state index contributed by atoms with van der Waals surface area (Å²) in [5.74, 6) is -1.28. The van der Waals surface area contributed by atoms with Crippen molar-refractivity contribution in [2.24, 2.45) is 0 Å². The highest BCUT2D eigenvalue weighted by atomic mass is 16.4. The normalized spacial score (nSPS) is 17.0. The van der Waals surface area contributed by atoms with Gasteiger partial charge in [-0.1, -0.05) is 37.6 Å². The van der Waals surface area contributed by atoms with Crippen LogP contribution in [0.15, 0.2) is 24.3 Å². The van der Waals surface area contributed by atoms with Gasteiger partial charge in [0.25, 0.3) is 0 Å². The maximum Gasteiger partial charge on any atom is 0.326 e. The van der Waals surface area contributed by atoms with Gasteiger partial charge in [-0.05, 0) is 31.2 Å². The van der Waals surface area contributed by atoms with Gasteiger partial charge < -0.3 is 10.0 Å². The molecule has 0 aromatic heterocycles. The number of carboxylic acids is 1. The molecule has 0 unspecified atom stereocenters. The van der Waals surface area contributed by atoms with Crippen molar-refractivity contribution < 1.29 is 19.5 Å². The third kappa shape index (κ3) is 4.66. The molecule has 5 heteroatoms. The van der Waals surface area contributed by atoms with Gasteiger partial charge in [-0.2, -0.15) is 0 Å². The van der Waals surface area contributed by atoms with Crippen molar-refractivity contribution in [3.8, 4) is 0 Å². The number of hydrogen-bond donors (Lipinski definition) is 1. The largest absolute Gasteiger partial charge is 0.480 e. The van der Waals surface area contributed by atoms with Gasteiger partial charge in [0.05, 0.1) is 0 Å². The zero-order valence-electron chi connectivity index (χ0n) is 14.2. The molecule has 0 aliphatic carbocycles. The molecular formula is C19H25NO4. The number of ketones is 1. The van der Waals surface area contributed by atoms with Crippen LogP contribution in [0, 0.1) is 0 Å². The van der Waals surface area contributed by atoms with Crippen molar-refractivity contribution >= 4 is 17.7 Å². The first kappa shape index (κ1) is 18.2. The second-order valence-corrected chi connectivity index (χ2v) is 6.31. The molecule has 130 valence electrons. The molecule has 1 saturated heterocycles. The van der Waals surface area contributed by atoms with Crippen molar-refractivity contribution in [1.82, 2.24) is 4.90 Å². The minimum Gasteiger partial charge on any atom is -0.480 e. The summed E-state index contributed by atoms with van der Waals surface area (Å²) in [6, 6.07) is 6.82. The summed E-state index contributed by atoms with van der Waals surface area (Å²) in [7, 11) is 0. The molecule has 1 aromatic carbocycles. The van der Waals surface area contributed by atoms with Crippen LogP contribution in [0.3, 0.4) is 0 Å². The summed E-state index contributed by atoms with van der Waals surface area (Å²) < 4.78 is 0. The Balaban J connectivity index is 1.86. The van der Waals surface area contributed by atoms with Crippen LogP contribution >= 0.6 is 0 Å². The highest BCUT2D eigenvalue weighted by molar-refractivity contribution is 5.98. The number of hydrogen-bond acceptors (Lipinski definition) is 3. The zero-order chi connectivity index (χ0) is 17.5. The highest BCUT2D eigenvalue weighted by Crippen LogP contribution is 2.19. The molecule has 1 aromatic rings. The van der Waals surface area contributed by atoms with E-state index in [0.717, 1.165) is 19.3 Å². The molecule has 0 radical (unpaired) electrons. The van der Waals surface area contributed by atoms with Gasteiger partial charge >= 0.3 is 5.97 Å². The predicted molar refractivity (Wildman–Crippen MR) is 91.0 cm³/mol. The van der Waals surface area contributed by atoms with Gasteiger partial charge in [-0.15, -0.1) is 0 Å². The summed E-state index contributed by atoms with van der Waals surface area (Å²) >= 11 is 0. The Labute approximate surface area is 142 Å². The Morgan fingerprint density at radius 3 is 2.50 bits per heavy atom. The van der Waals surface area contributed by atoms with Crippen molar-refractivity contribution in [2.75, 3.05) is 6.54 Å². The van der Waals surface area contributed by atoms with Crippen molar-refractivity contribution in [2.45, 2.75) is 57.9 Å². The van der Waals surface area contributed by atoms with E-state index in [2.05, 4.69) is 6.92 Å². The van der Waals surface area contributed by atoms with E-state index in [9.17, 15) is 14.4 Å². The van der Waals surface area contributed by atoms with E-state index in [1.807, 2.05) is 24.3 Å². The first-order valence-electron chi connectivity index (χ1n) is 8.67.